The highest BCUT2D eigenvalue weighted by Crippen LogP contribution is 2.35. The molecule has 0 atom stereocenters. The maximum absolute atomic E-state index is 12.7. The second-order valence-electron chi connectivity index (χ2n) is 9.06. The molecule has 1 amide bonds. The molecular weight excluding hydrogens is 520 g/mol. The van der Waals surface area contributed by atoms with E-state index in [-0.39, 0.29) is 17.2 Å². The Kier molecular flexibility index (Phi) is 9.00. The zero-order chi connectivity index (χ0) is 27.2. The lowest BCUT2D eigenvalue weighted by Crippen LogP contribution is -2.25. The van der Waals surface area contributed by atoms with Crippen LogP contribution in [0.15, 0.2) is 42.6 Å². The first kappa shape index (κ1) is 28.2. The van der Waals surface area contributed by atoms with Crippen LogP contribution in [0.3, 0.4) is 0 Å². The Morgan fingerprint density at radius 1 is 1.14 bits per heavy atom. The molecule has 0 saturated carbocycles. The molecule has 0 bridgehead atoms. The Labute approximate surface area is 221 Å². The number of benzene rings is 1. The van der Waals surface area contributed by atoms with Crippen LogP contribution < -0.4 is 20.5 Å². The summed E-state index contributed by atoms with van der Waals surface area (Å²) in [7, 11) is -1.98. The Morgan fingerprint density at radius 3 is 2.43 bits per heavy atom. The Balaban J connectivity index is 2.02. The quantitative estimate of drug-likeness (QED) is 0.229. The number of amides is 1. The molecule has 0 unspecified atom stereocenters. The monoisotopic (exact) mass is 550 g/mol. The summed E-state index contributed by atoms with van der Waals surface area (Å²) in [4.78, 5) is 16.9. The minimum absolute atomic E-state index is 0.0202. The normalized spacial score (nSPS) is 11.8. The summed E-state index contributed by atoms with van der Waals surface area (Å²) in [5.41, 5.74) is 7.41. The van der Waals surface area contributed by atoms with Crippen LogP contribution in [0.25, 0.3) is 11.3 Å². The van der Waals surface area contributed by atoms with E-state index in [0.29, 0.717) is 47.5 Å². The molecule has 0 aliphatic rings. The van der Waals surface area contributed by atoms with Crippen molar-refractivity contribution in [3.05, 3.63) is 48.2 Å². The van der Waals surface area contributed by atoms with Gasteiger partial charge in [-0.05, 0) is 39.0 Å². The van der Waals surface area contributed by atoms with Crippen molar-refractivity contribution in [2.24, 2.45) is 5.73 Å². The van der Waals surface area contributed by atoms with Crippen LogP contribution in [0.1, 0.15) is 31.1 Å². The van der Waals surface area contributed by atoms with E-state index in [4.69, 9.17) is 31.9 Å². The number of carbonyl (C=O) groups is 1. The van der Waals surface area contributed by atoms with Crippen molar-refractivity contribution in [2.75, 3.05) is 42.0 Å². The maximum atomic E-state index is 12.7. The number of rotatable bonds is 12. The Hall–Kier alpha value is -3.35. The van der Waals surface area contributed by atoms with E-state index in [9.17, 15) is 13.2 Å². The van der Waals surface area contributed by atoms with Gasteiger partial charge in [0.2, 0.25) is 15.9 Å². The van der Waals surface area contributed by atoms with E-state index >= 15 is 0 Å². The van der Waals surface area contributed by atoms with Gasteiger partial charge < -0.3 is 20.5 Å². The third-order valence-corrected chi connectivity index (χ3v) is 6.78. The number of primary amides is 1. The van der Waals surface area contributed by atoms with Crippen LogP contribution in [0.5, 0.6) is 5.88 Å². The minimum Gasteiger partial charge on any atom is -0.475 e. The number of halogens is 1. The van der Waals surface area contributed by atoms with Crippen LogP contribution in [0, 0.1) is 0 Å². The number of hydrogen-bond acceptors (Lipinski definition) is 8. The van der Waals surface area contributed by atoms with Gasteiger partial charge in [-0.2, -0.15) is 5.10 Å². The van der Waals surface area contributed by atoms with Crippen LogP contribution in [0.2, 0.25) is 0 Å². The number of pyridine rings is 1. The number of alkyl halides is 1. The van der Waals surface area contributed by atoms with Crippen molar-refractivity contribution in [1.82, 2.24) is 14.8 Å². The van der Waals surface area contributed by atoms with Crippen molar-refractivity contribution >= 4 is 44.7 Å². The molecule has 37 heavy (non-hydrogen) atoms. The third kappa shape index (κ3) is 7.34. The lowest BCUT2D eigenvalue weighted by atomic mass is 10.1. The number of anilines is 3. The van der Waals surface area contributed by atoms with Crippen molar-refractivity contribution in [2.45, 2.75) is 26.3 Å². The van der Waals surface area contributed by atoms with Gasteiger partial charge in [0, 0.05) is 42.2 Å². The van der Waals surface area contributed by atoms with E-state index in [2.05, 4.69) is 15.0 Å². The molecule has 0 spiro atoms. The highest BCUT2D eigenvalue weighted by Gasteiger charge is 2.29. The number of methoxy groups -OCH3 is 1. The van der Waals surface area contributed by atoms with Crippen LogP contribution >= 0.6 is 11.6 Å². The smallest absolute Gasteiger partial charge is 0.254 e. The van der Waals surface area contributed by atoms with Crippen molar-refractivity contribution < 1.29 is 22.7 Å². The van der Waals surface area contributed by atoms with Crippen molar-refractivity contribution in [1.29, 1.82) is 0 Å². The van der Waals surface area contributed by atoms with Gasteiger partial charge in [-0.1, -0.05) is 12.1 Å². The maximum Gasteiger partial charge on any atom is 0.254 e. The van der Waals surface area contributed by atoms with Gasteiger partial charge in [0.1, 0.15) is 23.7 Å². The molecule has 2 aromatic heterocycles. The number of hydrogen-bond donors (Lipinski definition) is 3. The zero-order valence-electron chi connectivity index (χ0n) is 21.1. The molecule has 13 heteroatoms. The molecule has 3 aromatic rings. The fourth-order valence-corrected chi connectivity index (χ4v) is 4.82. The molecular formula is C24H31ClN6O5S. The van der Waals surface area contributed by atoms with Gasteiger partial charge in [0.05, 0.1) is 17.9 Å². The Morgan fingerprint density at radius 2 is 1.84 bits per heavy atom. The number of sulfonamides is 1. The van der Waals surface area contributed by atoms with Gasteiger partial charge in [-0.15, -0.1) is 11.6 Å². The molecule has 0 radical (unpaired) electrons. The SMILES string of the molecule is COCCOc1cc(Nc2c(C(N)=O)c(-c3ccc(NS(=O)(=O)CCCl)cc3)nn2C(C)(C)C)ccn1. The lowest BCUT2D eigenvalue weighted by molar-refractivity contribution is 0.100. The molecule has 1 aromatic carbocycles. The third-order valence-electron chi connectivity index (χ3n) is 5.08. The van der Waals surface area contributed by atoms with Gasteiger partial charge in [0.25, 0.3) is 5.91 Å². The first-order valence-corrected chi connectivity index (χ1v) is 13.6. The number of aromatic nitrogens is 3. The highest BCUT2D eigenvalue weighted by atomic mass is 35.5. The van der Waals surface area contributed by atoms with Crippen molar-refractivity contribution in [3.63, 3.8) is 0 Å². The fourth-order valence-electron chi connectivity index (χ4n) is 3.42. The summed E-state index contributed by atoms with van der Waals surface area (Å²) >= 11 is 5.56. The molecule has 11 nitrogen and oxygen atoms in total. The highest BCUT2D eigenvalue weighted by molar-refractivity contribution is 7.92. The van der Waals surface area contributed by atoms with Gasteiger partial charge in [-0.3, -0.25) is 9.52 Å². The number of nitrogens with two attached hydrogens (primary N) is 1. The summed E-state index contributed by atoms with van der Waals surface area (Å²) in [6, 6.07) is 9.93. The first-order chi connectivity index (χ1) is 17.4. The number of nitrogens with one attached hydrogen (secondary N) is 2. The predicted molar refractivity (Wildman–Crippen MR) is 144 cm³/mol. The largest absolute Gasteiger partial charge is 0.475 e. The van der Waals surface area contributed by atoms with Crippen LogP contribution in [0.4, 0.5) is 17.2 Å². The summed E-state index contributed by atoms with van der Waals surface area (Å²) in [5, 5.41) is 7.97. The van der Waals surface area contributed by atoms with E-state index in [0.717, 1.165) is 0 Å². The number of carbonyl (C=O) groups excluding carboxylic acids is 1. The molecule has 3 rings (SSSR count). The molecule has 0 aliphatic carbocycles. The van der Waals surface area contributed by atoms with E-state index in [1.807, 2.05) is 20.8 Å². The molecule has 4 N–H and O–H groups in total. The van der Waals surface area contributed by atoms with Crippen molar-refractivity contribution in [3.8, 4) is 17.1 Å². The molecule has 2 heterocycles. The summed E-state index contributed by atoms with van der Waals surface area (Å²) in [6.07, 6.45) is 1.58. The van der Waals surface area contributed by atoms with Gasteiger partial charge >= 0.3 is 0 Å². The summed E-state index contributed by atoms with van der Waals surface area (Å²) in [6.45, 7) is 6.58. The van der Waals surface area contributed by atoms with Crippen LogP contribution in [-0.2, 0) is 20.3 Å². The number of nitrogens with zero attached hydrogens (tertiary/aromatic N) is 3. The van der Waals surface area contributed by atoms with E-state index in [1.54, 1.807) is 54.4 Å². The van der Waals surface area contributed by atoms with E-state index in [1.165, 1.54) is 0 Å². The second-order valence-corrected chi connectivity index (χ2v) is 11.3. The standard InChI is InChI=1S/C24H31ClN6O5S/c1-24(2,3)31-23(28-18-9-11-27-19(15-18)36-13-12-35-4)20(22(26)32)21(29-31)16-5-7-17(8-6-16)30-37(33,34)14-10-25/h5-9,11,15,30H,10,12-14H2,1-4H3,(H2,26,32)(H,27,28). The average molecular weight is 551 g/mol. The van der Waals surface area contributed by atoms with Gasteiger partial charge in [0.15, 0.2) is 0 Å². The number of ether oxygens (including phenoxy) is 2. The molecule has 0 fully saturated rings. The van der Waals surface area contributed by atoms with Crippen LogP contribution in [-0.4, -0.2) is 61.0 Å². The second kappa shape index (κ2) is 11.8. The molecule has 0 saturated heterocycles. The lowest BCUT2D eigenvalue weighted by Gasteiger charge is -2.23. The van der Waals surface area contributed by atoms with E-state index < -0.39 is 21.5 Å². The minimum atomic E-state index is -3.56. The Bertz CT molecular complexity index is 1340. The molecule has 200 valence electrons. The summed E-state index contributed by atoms with van der Waals surface area (Å²) in [5.74, 6) is -0.118. The predicted octanol–water partition coefficient (Wildman–Crippen LogP) is 3.55. The zero-order valence-corrected chi connectivity index (χ0v) is 22.7. The first-order valence-electron chi connectivity index (χ1n) is 11.4. The summed E-state index contributed by atoms with van der Waals surface area (Å²) < 4.78 is 38.8. The topological polar surface area (TPSA) is 150 Å². The molecule has 0 aliphatic heterocycles. The average Bonchev–Trinajstić information content (AvgIpc) is 3.19. The van der Waals surface area contributed by atoms with Gasteiger partial charge in [-0.25, -0.2) is 18.1 Å². The fraction of sp³-hybridized carbons (Fsp3) is 0.375.